The lowest BCUT2D eigenvalue weighted by molar-refractivity contribution is 0.0774. The zero-order valence-corrected chi connectivity index (χ0v) is 10.9. The van der Waals surface area contributed by atoms with E-state index in [0.717, 1.165) is 19.6 Å². The van der Waals surface area contributed by atoms with Gasteiger partial charge in [-0.05, 0) is 38.1 Å². The van der Waals surface area contributed by atoms with E-state index >= 15 is 0 Å². The first-order valence-corrected chi connectivity index (χ1v) is 6.54. The fraction of sp³-hybridized carbons (Fsp3) is 0.500. The predicted octanol–water partition coefficient (Wildman–Crippen LogP) is 0.729. The minimum atomic E-state index is 0.0276. The first-order chi connectivity index (χ1) is 9.19. The van der Waals surface area contributed by atoms with E-state index in [-0.39, 0.29) is 5.91 Å². The number of likely N-dealkylation sites (tertiary alicyclic amines) is 2. The molecular formula is C14H16N4O. The van der Waals surface area contributed by atoms with Crippen LogP contribution < -0.4 is 0 Å². The number of aromatic nitrogens is 1. The van der Waals surface area contributed by atoms with E-state index in [1.165, 1.54) is 12.6 Å². The third-order valence-corrected chi connectivity index (χ3v) is 4.24. The molecule has 2 fully saturated rings. The number of rotatable bonds is 1. The molecule has 5 heteroatoms. The average molecular weight is 256 g/mol. The molecule has 0 unspecified atom stereocenters. The van der Waals surface area contributed by atoms with Crippen LogP contribution in [0, 0.1) is 17.2 Å². The van der Waals surface area contributed by atoms with Gasteiger partial charge in [0.15, 0.2) is 0 Å². The van der Waals surface area contributed by atoms with E-state index in [9.17, 15) is 4.79 Å². The number of likely N-dealkylation sites (N-methyl/N-ethyl adjacent to an activating group) is 1. The van der Waals surface area contributed by atoms with E-state index in [2.05, 4.69) is 16.9 Å². The number of pyridine rings is 1. The van der Waals surface area contributed by atoms with Crippen LogP contribution in [-0.2, 0) is 0 Å². The van der Waals surface area contributed by atoms with Crippen LogP contribution in [0.3, 0.4) is 0 Å². The molecule has 0 radical (unpaired) electrons. The van der Waals surface area contributed by atoms with Crippen molar-refractivity contribution in [2.24, 2.45) is 5.92 Å². The van der Waals surface area contributed by atoms with Crippen LogP contribution in [0.5, 0.6) is 0 Å². The summed E-state index contributed by atoms with van der Waals surface area (Å²) in [5.41, 5.74) is 0.913. The highest BCUT2D eigenvalue weighted by molar-refractivity contribution is 5.94. The molecule has 0 N–H and O–H groups in total. The van der Waals surface area contributed by atoms with Gasteiger partial charge in [-0.2, -0.15) is 5.26 Å². The molecule has 0 spiro atoms. The molecule has 1 aromatic heterocycles. The van der Waals surface area contributed by atoms with Gasteiger partial charge in [-0.3, -0.25) is 4.79 Å². The Balaban J connectivity index is 1.73. The molecule has 0 aliphatic carbocycles. The molecule has 0 saturated carbocycles. The molecule has 2 saturated heterocycles. The van der Waals surface area contributed by atoms with Gasteiger partial charge in [0.2, 0.25) is 0 Å². The highest BCUT2D eigenvalue weighted by Crippen LogP contribution is 2.30. The Morgan fingerprint density at radius 3 is 2.95 bits per heavy atom. The minimum Gasteiger partial charge on any atom is -0.337 e. The zero-order chi connectivity index (χ0) is 13.4. The molecule has 2 aliphatic rings. The summed E-state index contributed by atoms with van der Waals surface area (Å²) in [6, 6.07) is 5.75. The van der Waals surface area contributed by atoms with E-state index in [4.69, 9.17) is 5.26 Å². The highest BCUT2D eigenvalue weighted by atomic mass is 16.2. The molecule has 1 aromatic rings. The van der Waals surface area contributed by atoms with Crippen molar-refractivity contribution in [3.63, 3.8) is 0 Å². The zero-order valence-electron chi connectivity index (χ0n) is 10.9. The lowest BCUT2D eigenvalue weighted by atomic mass is 10.1. The Hall–Kier alpha value is -1.93. The summed E-state index contributed by atoms with van der Waals surface area (Å²) >= 11 is 0. The van der Waals surface area contributed by atoms with E-state index in [0.29, 0.717) is 23.2 Å². The second-order valence-electron chi connectivity index (χ2n) is 5.35. The van der Waals surface area contributed by atoms with Gasteiger partial charge in [0.05, 0.1) is 5.56 Å². The van der Waals surface area contributed by atoms with Gasteiger partial charge < -0.3 is 9.80 Å². The average Bonchev–Trinajstić information content (AvgIpc) is 3.01. The van der Waals surface area contributed by atoms with Gasteiger partial charge in [0, 0.05) is 25.3 Å². The van der Waals surface area contributed by atoms with Crippen LogP contribution in [0.25, 0.3) is 0 Å². The maximum absolute atomic E-state index is 12.4. The van der Waals surface area contributed by atoms with Crippen LogP contribution in [0.2, 0.25) is 0 Å². The van der Waals surface area contributed by atoms with Gasteiger partial charge in [-0.25, -0.2) is 4.98 Å². The molecule has 2 aliphatic heterocycles. The Morgan fingerprint density at radius 2 is 2.32 bits per heavy atom. The van der Waals surface area contributed by atoms with Crippen molar-refractivity contribution in [2.45, 2.75) is 12.5 Å². The molecule has 98 valence electrons. The summed E-state index contributed by atoms with van der Waals surface area (Å²) in [5, 5.41) is 8.70. The minimum absolute atomic E-state index is 0.0276. The van der Waals surface area contributed by atoms with Crippen LogP contribution in [0.4, 0.5) is 0 Å². The maximum Gasteiger partial charge on any atom is 0.255 e. The molecular weight excluding hydrogens is 240 g/mol. The monoisotopic (exact) mass is 256 g/mol. The van der Waals surface area contributed by atoms with Gasteiger partial charge in [-0.1, -0.05) is 0 Å². The van der Waals surface area contributed by atoms with E-state index in [1.807, 2.05) is 11.0 Å². The SMILES string of the molecule is CN1CC[C@H]2CN(C(=O)c3ccc(C#N)nc3)C[C@H]21. The van der Waals surface area contributed by atoms with Crippen molar-refractivity contribution in [1.82, 2.24) is 14.8 Å². The van der Waals surface area contributed by atoms with Crippen molar-refractivity contribution in [2.75, 3.05) is 26.7 Å². The Bertz CT molecular complexity index is 533. The van der Waals surface area contributed by atoms with Crippen molar-refractivity contribution < 1.29 is 4.79 Å². The summed E-state index contributed by atoms with van der Waals surface area (Å²) in [6.07, 6.45) is 2.68. The summed E-state index contributed by atoms with van der Waals surface area (Å²) in [7, 11) is 2.13. The number of hydrogen-bond acceptors (Lipinski definition) is 4. The van der Waals surface area contributed by atoms with Gasteiger partial charge in [0.1, 0.15) is 11.8 Å². The second kappa shape index (κ2) is 4.63. The van der Waals surface area contributed by atoms with Crippen LogP contribution in [-0.4, -0.2) is 53.4 Å². The van der Waals surface area contributed by atoms with Crippen LogP contribution in [0.15, 0.2) is 18.3 Å². The van der Waals surface area contributed by atoms with Crippen LogP contribution in [0.1, 0.15) is 22.5 Å². The smallest absolute Gasteiger partial charge is 0.255 e. The molecule has 0 aromatic carbocycles. The van der Waals surface area contributed by atoms with Gasteiger partial charge >= 0.3 is 0 Å². The third kappa shape index (κ3) is 2.08. The van der Waals surface area contributed by atoms with Gasteiger partial charge in [-0.15, -0.1) is 0 Å². The standard InChI is InChI=1S/C14H16N4O/c1-17-5-4-11-8-18(9-13(11)17)14(19)10-2-3-12(6-15)16-7-10/h2-3,7,11,13H,4-5,8-9H2,1H3/t11-,13+/m0/s1. The molecule has 1 amide bonds. The number of carbonyl (C=O) groups excluding carboxylic acids is 1. The molecule has 0 bridgehead atoms. The number of nitriles is 1. The number of amides is 1. The quantitative estimate of drug-likeness (QED) is 0.743. The topological polar surface area (TPSA) is 60.2 Å². The largest absolute Gasteiger partial charge is 0.337 e. The summed E-state index contributed by atoms with van der Waals surface area (Å²) in [4.78, 5) is 20.6. The molecule has 2 atom stereocenters. The van der Waals surface area contributed by atoms with Crippen molar-refractivity contribution in [1.29, 1.82) is 5.26 Å². The first kappa shape index (κ1) is 12.1. The van der Waals surface area contributed by atoms with Crippen molar-refractivity contribution in [3.8, 4) is 6.07 Å². The lowest BCUT2D eigenvalue weighted by Crippen LogP contribution is -2.35. The van der Waals surface area contributed by atoms with E-state index in [1.54, 1.807) is 12.1 Å². The summed E-state index contributed by atoms with van der Waals surface area (Å²) in [6.45, 7) is 2.78. The summed E-state index contributed by atoms with van der Waals surface area (Å²) < 4.78 is 0. The van der Waals surface area contributed by atoms with Crippen LogP contribution >= 0.6 is 0 Å². The maximum atomic E-state index is 12.4. The highest BCUT2D eigenvalue weighted by Gasteiger charge is 2.41. The molecule has 5 nitrogen and oxygen atoms in total. The predicted molar refractivity (Wildman–Crippen MR) is 69.4 cm³/mol. The van der Waals surface area contributed by atoms with Crippen molar-refractivity contribution >= 4 is 5.91 Å². The number of hydrogen-bond donors (Lipinski definition) is 0. The van der Waals surface area contributed by atoms with Crippen molar-refractivity contribution in [3.05, 3.63) is 29.6 Å². The molecule has 19 heavy (non-hydrogen) atoms. The second-order valence-corrected chi connectivity index (χ2v) is 5.35. The normalized spacial score (nSPS) is 26.2. The molecule has 3 heterocycles. The lowest BCUT2D eigenvalue weighted by Gasteiger charge is -2.20. The fourth-order valence-electron chi connectivity index (χ4n) is 3.11. The Morgan fingerprint density at radius 1 is 1.47 bits per heavy atom. The number of nitrogens with zero attached hydrogens (tertiary/aromatic N) is 4. The third-order valence-electron chi connectivity index (χ3n) is 4.24. The molecule has 3 rings (SSSR count). The number of fused-ring (bicyclic) bond motifs is 1. The fourth-order valence-corrected chi connectivity index (χ4v) is 3.11. The Labute approximate surface area is 112 Å². The number of carbonyl (C=O) groups is 1. The Kier molecular flexibility index (Phi) is 2.96. The first-order valence-electron chi connectivity index (χ1n) is 6.54. The summed E-state index contributed by atoms with van der Waals surface area (Å²) in [5.74, 6) is 0.639. The van der Waals surface area contributed by atoms with E-state index < -0.39 is 0 Å². The van der Waals surface area contributed by atoms with Gasteiger partial charge in [0.25, 0.3) is 5.91 Å².